The molecule has 1 unspecified atom stereocenters. The predicted molar refractivity (Wildman–Crippen MR) is 120 cm³/mol. The summed E-state index contributed by atoms with van der Waals surface area (Å²) in [6, 6.07) is 0. The standard InChI is InChI=1S/C25H52O2/c1-8-14-15-16-23(9-2)21-22(7)17-18-25(12-5,13-6)27-20-19-24(26,10-3)11-4/h22-23,26H,8-21H2,1-7H3/t22?,23-/m1/s1. The third-order valence-corrected chi connectivity index (χ3v) is 7.20. The van der Waals surface area contributed by atoms with E-state index in [4.69, 9.17) is 4.74 Å². The van der Waals surface area contributed by atoms with Crippen LogP contribution in [0.3, 0.4) is 0 Å². The molecule has 0 aromatic carbocycles. The van der Waals surface area contributed by atoms with E-state index < -0.39 is 5.60 Å². The number of aliphatic hydroxyl groups is 1. The van der Waals surface area contributed by atoms with E-state index in [1.807, 2.05) is 0 Å². The molecule has 0 amide bonds. The van der Waals surface area contributed by atoms with E-state index in [0.29, 0.717) is 6.61 Å². The van der Waals surface area contributed by atoms with Crippen LogP contribution in [0, 0.1) is 11.8 Å². The van der Waals surface area contributed by atoms with Crippen LogP contribution >= 0.6 is 0 Å². The fourth-order valence-electron chi connectivity index (χ4n) is 4.31. The molecule has 27 heavy (non-hydrogen) atoms. The molecule has 0 aromatic rings. The number of ether oxygens (including phenoxy) is 1. The predicted octanol–water partition coefficient (Wildman–Crippen LogP) is 7.92. The van der Waals surface area contributed by atoms with Crippen LogP contribution in [0.25, 0.3) is 0 Å². The van der Waals surface area contributed by atoms with E-state index in [9.17, 15) is 5.11 Å². The van der Waals surface area contributed by atoms with Crippen LogP contribution in [0.2, 0.25) is 0 Å². The Morgan fingerprint density at radius 3 is 1.93 bits per heavy atom. The molecular weight excluding hydrogens is 332 g/mol. The van der Waals surface area contributed by atoms with Gasteiger partial charge in [-0.15, -0.1) is 0 Å². The van der Waals surface area contributed by atoms with Crippen molar-refractivity contribution < 1.29 is 9.84 Å². The van der Waals surface area contributed by atoms with Gasteiger partial charge in [0.25, 0.3) is 0 Å². The quantitative estimate of drug-likeness (QED) is 0.243. The van der Waals surface area contributed by atoms with Crippen LogP contribution in [0.4, 0.5) is 0 Å². The Morgan fingerprint density at radius 1 is 0.815 bits per heavy atom. The van der Waals surface area contributed by atoms with E-state index in [-0.39, 0.29) is 5.60 Å². The van der Waals surface area contributed by atoms with Gasteiger partial charge in [0.15, 0.2) is 0 Å². The van der Waals surface area contributed by atoms with E-state index in [1.165, 1.54) is 44.9 Å². The van der Waals surface area contributed by atoms with E-state index in [0.717, 1.165) is 50.4 Å². The van der Waals surface area contributed by atoms with Gasteiger partial charge >= 0.3 is 0 Å². The SMILES string of the molecule is CCCCC[C@@H](CC)CC(C)CCC(CC)(CC)OCCC(O)(CC)CC. The highest BCUT2D eigenvalue weighted by Gasteiger charge is 2.29. The van der Waals surface area contributed by atoms with E-state index in [2.05, 4.69) is 48.5 Å². The van der Waals surface area contributed by atoms with Crippen molar-refractivity contribution in [3.63, 3.8) is 0 Å². The molecule has 2 nitrogen and oxygen atoms in total. The normalized spacial score (nSPS) is 15.1. The summed E-state index contributed by atoms with van der Waals surface area (Å²) in [5, 5.41) is 10.5. The molecule has 0 aliphatic heterocycles. The van der Waals surface area contributed by atoms with Crippen molar-refractivity contribution in [3.05, 3.63) is 0 Å². The van der Waals surface area contributed by atoms with Gasteiger partial charge in [-0.1, -0.05) is 80.6 Å². The minimum atomic E-state index is -0.548. The van der Waals surface area contributed by atoms with Gasteiger partial charge in [-0.05, 0) is 63.2 Å². The third kappa shape index (κ3) is 10.9. The molecule has 0 rings (SSSR count). The van der Waals surface area contributed by atoms with Gasteiger partial charge in [0.2, 0.25) is 0 Å². The molecule has 0 radical (unpaired) electrons. The lowest BCUT2D eigenvalue weighted by Gasteiger charge is -2.35. The number of rotatable bonds is 18. The summed E-state index contributed by atoms with van der Waals surface area (Å²) in [7, 11) is 0. The van der Waals surface area contributed by atoms with Crippen molar-refractivity contribution in [2.45, 2.75) is 143 Å². The molecule has 0 bridgehead atoms. The molecule has 1 N–H and O–H groups in total. The molecular formula is C25H52O2. The summed E-state index contributed by atoms with van der Waals surface area (Å²) in [6.07, 6.45) is 15.1. The van der Waals surface area contributed by atoms with Gasteiger partial charge in [0.05, 0.1) is 17.8 Å². The van der Waals surface area contributed by atoms with Gasteiger partial charge in [-0.25, -0.2) is 0 Å². The maximum absolute atomic E-state index is 10.5. The Bertz CT molecular complexity index is 331. The highest BCUT2D eigenvalue weighted by atomic mass is 16.5. The molecule has 0 aliphatic rings. The fraction of sp³-hybridized carbons (Fsp3) is 1.00. The number of hydrogen-bond acceptors (Lipinski definition) is 2. The smallest absolute Gasteiger partial charge is 0.0677 e. The van der Waals surface area contributed by atoms with Gasteiger partial charge < -0.3 is 9.84 Å². The third-order valence-electron chi connectivity index (χ3n) is 7.20. The van der Waals surface area contributed by atoms with Gasteiger partial charge in [0, 0.05) is 0 Å². The summed E-state index contributed by atoms with van der Waals surface area (Å²) >= 11 is 0. The molecule has 2 atom stereocenters. The zero-order valence-corrected chi connectivity index (χ0v) is 19.9. The van der Waals surface area contributed by atoms with Crippen LogP contribution in [0.1, 0.15) is 132 Å². The average molecular weight is 385 g/mol. The second kappa shape index (κ2) is 14.9. The molecule has 0 saturated heterocycles. The largest absolute Gasteiger partial charge is 0.390 e. The van der Waals surface area contributed by atoms with Crippen molar-refractivity contribution in [1.82, 2.24) is 0 Å². The monoisotopic (exact) mass is 384 g/mol. The first kappa shape index (κ1) is 26.9. The summed E-state index contributed by atoms with van der Waals surface area (Å²) in [5.41, 5.74) is -0.548. The lowest BCUT2D eigenvalue weighted by molar-refractivity contribution is -0.0864. The van der Waals surface area contributed by atoms with Crippen LogP contribution < -0.4 is 0 Å². The molecule has 0 aromatic heterocycles. The second-order valence-corrected chi connectivity index (χ2v) is 9.07. The van der Waals surface area contributed by atoms with Crippen molar-refractivity contribution >= 4 is 0 Å². The second-order valence-electron chi connectivity index (χ2n) is 9.07. The maximum Gasteiger partial charge on any atom is 0.0677 e. The first-order valence-electron chi connectivity index (χ1n) is 12.2. The Balaban J connectivity index is 4.49. The topological polar surface area (TPSA) is 29.5 Å². The van der Waals surface area contributed by atoms with Crippen LogP contribution in [-0.4, -0.2) is 22.9 Å². The number of unbranched alkanes of at least 4 members (excludes halogenated alkanes) is 2. The van der Waals surface area contributed by atoms with Gasteiger partial charge in [0.1, 0.15) is 0 Å². The first-order chi connectivity index (χ1) is 12.8. The van der Waals surface area contributed by atoms with E-state index in [1.54, 1.807) is 0 Å². The highest BCUT2D eigenvalue weighted by molar-refractivity contribution is 4.81. The van der Waals surface area contributed by atoms with Crippen molar-refractivity contribution in [2.24, 2.45) is 11.8 Å². The Morgan fingerprint density at radius 2 is 1.44 bits per heavy atom. The Labute approximate surface area is 171 Å². The molecule has 0 heterocycles. The van der Waals surface area contributed by atoms with Crippen LogP contribution in [0.5, 0.6) is 0 Å². The van der Waals surface area contributed by atoms with Gasteiger partial charge in [-0.2, -0.15) is 0 Å². The van der Waals surface area contributed by atoms with Crippen molar-refractivity contribution in [2.75, 3.05) is 6.61 Å². The minimum Gasteiger partial charge on any atom is -0.390 e. The molecule has 164 valence electrons. The minimum absolute atomic E-state index is 0.000570. The zero-order chi connectivity index (χ0) is 20.8. The maximum atomic E-state index is 10.5. The van der Waals surface area contributed by atoms with Crippen molar-refractivity contribution in [3.8, 4) is 0 Å². The molecule has 0 aliphatic carbocycles. The van der Waals surface area contributed by atoms with Crippen LogP contribution in [0.15, 0.2) is 0 Å². The Kier molecular flexibility index (Phi) is 14.8. The summed E-state index contributed by atoms with van der Waals surface area (Å²) in [4.78, 5) is 0. The first-order valence-corrected chi connectivity index (χ1v) is 12.2. The van der Waals surface area contributed by atoms with Gasteiger partial charge in [-0.3, -0.25) is 0 Å². The van der Waals surface area contributed by atoms with Crippen molar-refractivity contribution in [1.29, 1.82) is 0 Å². The Hall–Kier alpha value is -0.0800. The summed E-state index contributed by atoms with van der Waals surface area (Å²) < 4.78 is 6.43. The lowest BCUT2D eigenvalue weighted by atomic mass is 9.83. The molecule has 0 saturated carbocycles. The van der Waals surface area contributed by atoms with Crippen LogP contribution in [-0.2, 0) is 4.74 Å². The highest BCUT2D eigenvalue weighted by Crippen LogP contribution is 2.32. The zero-order valence-electron chi connectivity index (χ0n) is 19.9. The average Bonchev–Trinajstić information content (AvgIpc) is 2.69. The fourth-order valence-corrected chi connectivity index (χ4v) is 4.31. The molecule has 0 spiro atoms. The molecule has 0 fully saturated rings. The summed E-state index contributed by atoms with van der Waals surface area (Å²) in [5.74, 6) is 1.68. The van der Waals surface area contributed by atoms with E-state index >= 15 is 0 Å². The molecule has 2 heteroatoms. The summed E-state index contributed by atoms with van der Waals surface area (Å²) in [6.45, 7) is 16.4. The lowest BCUT2D eigenvalue weighted by Crippen LogP contribution is -2.35. The number of hydrogen-bond donors (Lipinski definition) is 1.